The van der Waals surface area contributed by atoms with Gasteiger partial charge in [-0.1, -0.05) is 0 Å². The molecule has 0 fully saturated rings. The number of aromatic nitrogens is 3. The van der Waals surface area contributed by atoms with Crippen LogP contribution in [-0.2, 0) is 11.3 Å². The van der Waals surface area contributed by atoms with Crippen LogP contribution in [0.5, 0.6) is 0 Å². The van der Waals surface area contributed by atoms with Gasteiger partial charge in [-0.3, -0.25) is 24.3 Å². The van der Waals surface area contributed by atoms with Crippen molar-refractivity contribution < 1.29 is 18.9 Å². The number of oxazole rings is 1. The molecule has 2 amide bonds. The Morgan fingerprint density at radius 3 is 2.55 bits per heavy atom. The van der Waals surface area contributed by atoms with Crippen molar-refractivity contribution in [1.29, 1.82) is 0 Å². The normalized spacial score (nSPS) is 10.8. The lowest BCUT2D eigenvalue weighted by Crippen LogP contribution is -2.24. The van der Waals surface area contributed by atoms with E-state index in [9.17, 15) is 24.5 Å². The summed E-state index contributed by atoms with van der Waals surface area (Å²) in [5.41, 5.74) is 6.48. The van der Waals surface area contributed by atoms with Crippen molar-refractivity contribution in [2.45, 2.75) is 6.54 Å². The van der Waals surface area contributed by atoms with Crippen molar-refractivity contribution in [3.8, 4) is 5.69 Å². The molecular weight excluding hydrogens is 408 g/mol. The highest BCUT2D eigenvalue weighted by molar-refractivity contribution is 5.92. The van der Waals surface area contributed by atoms with Crippen molar-refractivity contribution >= 4 is 34.3 Å². The molecule has 0 saturated carbocycles. The molecule has 12 heteroatoms. The van der Waals surface area contributed by atoms with E-state index in [0.29, 0.717) is 11.4 Å². The summed E-state index contributed by atoms with van der Waals surface area (Å²) in [6.07, 6.45) is 1.58. The lowest BCUT2D eigenvalue weighted by atomic mass is 10.2. The number of rotatable bonds is 6. The van der Waals surface area contributed by atoms with Gasteiger partial charge >= 0.3 is 5.76 Å². The second-order valence-electron chi connectivity index (χ2n) is 6.47. The summed E-state index contributed by atoms with van der Waals surface area (Å²) in [7, 11) is 0. The molecule has 4 aromatic rings. The second kappa shape index (κ2) is 7.59. The van der Waals surface area contributed by atoms with Crippen molar-refractivity contribution in [3.63, 3.8) is 0 Å². The molecule has 0 bridgehead atoms. The summed E-state index contributed by atoms with van der Waals surface area (Å²) in [5, 5.41) is 17.5. The van der Waals surface area contributed by atoms with Crippen molar-refractivity contribution in [1.82, 2.24) is 14.3 Å². The summed E-state index contributed by atoms with van der Waals surface area (Å²) in [5.74, 6) is -1.94. The van der Waals surface area contributed by atoms with E-state index in [1.807, 2.05) is 0 Å². The number of hydrogen-bond donors (Lipinski definition) is 2. The Morgan fingerprint density at radius 1 is 1.16 bits per heavy atom. The molecule has 2 aromatic carbocycles. The lowest BCUT2D eigenvalue weighted by molar-refractivity contribution is -0.384. The van der Waals surface area contributed by atoms with E-state index in [1.54, 1.807) is 30.5 Å². The maximum absolute atomic E-state index is 12.4. The van der Waals surface area contributed by atoms with Crippen LogP contribution in [0.4, 0.5) is 11.4 Å². The Hall–Kier alpha value is -4.74. The van der Waals surface area contributed by atoms with Gasteiger partial charge in [-0.25, -0.2) is 9.48 Å². The Bertz CT molecular complexity index is 1380. The summed E-state index contributed by atoms with van der Waals surface area (Å²) in [6, 6.07) is 11.8. The van der Waals surface area contributed by atoms with E-state index in [1.165, 1.54) is 22.9 Å². The van der Waals surface area contributed by atoms with E-state index >= 15 is 0 Å². The van der Waals surface area contributed by atoms with Crippen LogP contribution in [-0.4, -0.2) is 31.1 Å². The number of fused-ring (bicyclic) bond motifs is 1. The minimum Gasteiger partial charge on any atom is -0.407 e. The minimum absolute atomic E-state index is 0.0194. The zero-order chi connectivity index (χ0) is 22.1. The number of non-ortho nitro benzene ring substituents is 1. The molecule has 0 aliphatic heterocycles. The summed E-state index contributed by atoms with van der Waals surface area (Å²) in [6.45, 7) is -0.341. The molecule has 3 N–H and O–H groups in total. The zero-order valence-corrected chi connectivity index (χ0v) is 15.7. The Labute approximate surface area is 172 Å². The molecule has 156 valence electrons. The molecule has 31 heavy (non-hydrogen) atoms. The SMILES string of the molecule is NC(=O)c1ccn(-c2ccc(NC(=O)Cn3c(=O)oc4cc([N+](=O)[O-])ccc43)cc2)n1. The molecule has 0 aliphatic rings. The number of benzene rings is 2. The van der Waals surface area contributed by atoms with Gasteiger partial charge in [-0.2, -0.15) is 5.10 Å². The van der Waals surface area contributed by atoms with Crippen LogP contribution in [0, 0.1) is 10.1 Å². The van der Waals surface area contributed by atoms with Gasteiger partial charge < -0.3 is 15.5 Å². The lowest BCUT2D eigenvalue weighted by Gasteiger charge is -2.07. The quantitative estimate of drug-likeness (QED) is 0.350. The molecule has 0 saturated heterocycles. The number of nitrogens with one attached hydrogen (secondary N) is 1. The van der Waals surface area contributed by atoms with E-state index < -0.39 is 22.5 Å². The van der Waals surface area contributed by atoms with Crippen LogP contribution in [0.25, 0.3) is 16.8 Å². The minimum atomic E-state index is -0.801. The third-order valence-corrected chi connectivity index (χ3v) is 4.42. The van der Waals surface area contributed by atoms with Crippen LogP contribution in [0.15, 0.2) is 63.9 Å². The maximum atomic E-state index is 12.4. The number of nitrogens with two attached hydrogens (primary N) is 1. The average molecular weight is 422 g/mol. The molecule has 12 nitrogen and oxygen atoms in total. The highest BCUT2D eigenvalue weighted by atomic mass is 16.6. The Kier molecular flexibility index (Phi) is 4.79. The largest absolute Gasteiger partial charge is 0.420 e. The third kappa shape index (κ3) is 3.89. The second-order valence-corrected chi connectivity index (χ2v) is 6.47. The van der Waals surface area contributed by atoms with Crippen LogP contribution in [0.3, 0.4) is 0 Å². The standard InChI is InChI=1S/C19H14N6O6/c20-18(27)14-7-8-24(22-14)12-3-1-11(2-4-12)21-17(26)10-23-15-6-5-13(25(29)30)9-16(15)31-19(23)28/h1-9H,10H2,(H2,20,27)(H,21,26). The van der Waals surface area contributed by atoms with Crippen LogP contribution >= 0.6 is 0 Å². The fourth-order valence-electron chi connectivity index (χ4n) is 2.96. The van der Waals surface area contributed by atoms with E-state index in [4.69, 9.17) is 10.2 Å². The van der Waals surface area contributed by atoms with Crippen LogP contribution in [0.1, 0.15) is 10.5 Å². The summed E-state index contributed by atoms with van der Waals surface area (Å²) >= 11 is 0. The fourth-order valence-corrected chi connectivity index (χ4v) is 2.96. The Balaban J connectivity index is 1.48. The molecule has 0 unspecified atom stereocenters. The van der Waals surface area contributed by atoms with Gasteiger partial charge in [-0.15, -0.1) is 0 Å². The average Bonchev–Trinajstić information content (AvgIpc) is 3.34. The number of nitrogens with zero attached hydrogens (tertiary/aromatic N) is 4. The number of carbonyl (C=O) groups excluding carboxylic acids is 2. The maximum Gasteiger partial charge on any atom is 0.420 e. The van der Waals surface area contributed by atoms with E-state index in [2.05, 4.69) is 10.4 Å². The number of nitro groups is 1. The zero-order valence-electron chi connectivity index (χ0n) is 15.7. The number of amides is 2. The molecule has 0 spiro atoms. The van der Waals surface area contributed by atoms with E-state index in [-0.39, 0.29) is 29.0 Å². The van der Waals surface area contributed by atoms with Gasteiger partial charge in [0.2, 0.25) is 5.91 Å². The first-order valence-corrected chi connectivity index (χ1v) is 8.85. The molecule has 0 atom stereocenters. The molecule has 0 radical (unpaired) electrons. The van der Waals surface area contributed by atoms with Gasteiger partial charge in [0.15, 0.2) is 5.58 Å². The van der Waals surface area contributed by atoms with Gasteiger partial charge in [0.1, 0.15) is 12.2 Å². The first-order chi connectivity index (χ1) is 14.8. The van der Waals surface area contributed by atoms with Crippen molar-refractivity contribution in [2.24, 2.45) is 5.73 Å². The molecule has 4 rings (SSSR count). The molecule has 0 aliphatic carbocycles. The summed E-state index contributed by atoms with van der Waals surface area (Å²) < 4.78 is 7.55. The monoisotopic (exact) mass is 422 g/mol. The fraction of sp³-hybridized carbons (Fsp3) is 0.0526. The first kappa shape index (κ1) is 19.6. The highest BCUT2D eigenvalue weighted by Gasteiger charge is 2.16. The van der Waals surface area contributed by atoms with E-state index in [0.717, 1.165) is 10.6 Å². The van der Waals surface area contributed by atoms with Gasteiger partial charge in [0, 0.05) is 18.0 Å². The first-order valence-electron chi connectivity index (χ1n) is 8.85. The number of hydrogen-bond acceptors (Lipinski definition) is 7. The predicted molar refractivity (Wildman–Crippen MR) is 108 cm³/mol. The topological polar surface area (TPSA) is 168 Å². The predicted octanol–water partition coefficient (Wildman–Crippen LogP) is 1.43. The van der Waals surface area contributed by atoms with Crippen molar-refractivity contribution in [2.75, 3.05) is 5.32 Å². The molecular formula is C19H14N6O6. The van der Waals surface area contributed by atoms with Gasteiger partial charge in [0.25, 0.3) is 11.6 Å². The van der Waals surface area contributed by atoms with Crippen molar-refractivity contribution in [3.05, 3.63) is 81.1 Å². The van der Waals surface area contributed by atoms with Crippen LogP contribution < -0.4 is 16.8 Å². The third-order valence-electron chi connectivity index (χ3n) is 4.42. The Morgan fingerprint density at radius 2 is 1.90 bits per heavy atom. The molecule has 2 aromatic heterocycles. The smallest absolute Gasteiger partial charge is 0.407 e. The highest BCUT2D eigenvalue weighted by Crippen LogP contribution is 2.20. The number of primary amides is 1. The van der Waals surface area contributed by atoms with Crippen LogP contribution in [0.2, 0.25) is 0 Å². The summed E-state index contributed by atoms with van der Waals surface area (Å²) in [4.78, 5) is 45.8. The number of carbonyl (C=O) groups is 2. The number of nitro benzene ring substituents is 1. The molecule has 2 heterocycles. The number of anilines is 1. The van der Waals surface area contributed by atoms with Gasteiger partial charge in [0.05, 0.1) is 22.2 Å². The van der Waals surface area contributed by atoms with Gasteiger partial charge in [-0.05, 0) is 36.4 Å².